The molecule has 0 bridgehead atoms. The second-order valence-corrected chi connectivity index (χ2v) is 9.00. The summed E-state index contributed by atoms with van der Waals surface area (Å²) in [4.78, 5) is 4.63. The minimum atomic E-state index is -3.26. The van der Waals surface area contributed by atoms with Crippen LogP contribution in [0.25, 0.3) is 16.8 Å². The van der Waals surface area contributed by atoms with Gasteiger partial charge in [-0.25, -0.2) is 12.9 Å². The lowest BCUT2D eigenvalue weighted by Gasteiger charge is -2.08. The van der Waals surface area contributed by atoms with Gasteiger partial charge in [-0.05, 0) is 54.8 Å². The van der Waals surface area contributed by atoms with Crippen LogP contribution in [-0.2, 0) is 10.0 Å². The second kappa shape index (κ2) is 6.89. The maximum absolute atomic E-state index is 12.1. The van der Waals surface area contributed by atoms with E-state index in [0.29, 0.717) is 11.6 Å². The van der Waals surface area contributed by atoms with Gasteiger partial charge in [0.05, 0.1) is 5.25 Å². The highest BCUT2D eigenvalue weighted by molar-refractivity contribution is 7.93. The van der Waals surface area contributed by atoms with E-state index in [2.05, 4.69) is 20.1 Å². The molecular weight excluding hydrogens is 386 g/mol. The summed E-state index contributed by atoms with van der Waals surface area (Å²) in [6, 6.07) is 21.0. The molecule has 2 heterocycles. The summed E-state index contributed by atoms with van der Waals surface area (Å²) in [7, 11) is -3.26. The van der Waals surface area contributed by atoms with Gasteiger partial charge in [0.15, 0.2) is 5.65 Å². The van der Waals surface area contributed by atoms with Crippen molar-refractivity contribution in [1.82, 2.24) is 14.6 Å². The number of sulfonamides is 1. The van der Waals surface area contributed by atoms with Gasteiger partial charge >= 0.3 is 0 Å². The van der Waals surface area contributed by atoms with Crippen molar-refractivity contribution in [3.05, 3.63) is 72.9 Å². The van der Waals surface area contributed by atoms with Gasteiger partial charge < -0.3 is 5.32 Å². The zero-order chi connectivity index (χ0) is 19.8. The van der Waals surface area contributed by atoms with E-state index in [1.54, 1.807) is 16.6 Å². The number of nitrogens with zero attached hydrogens (tertiary/aromatic N) is 3. The predicted octanol–water partition coefficient (Wildman–Crippen LogP) is 4.04. The number of hydrogen-bond donors (Lipinski definition) is 2. The fourth-order valence-corrected chi connectivity index (χ4v) is 4.57. The van der Waals surface area contributed by atoms with Gasteiger partial charge in [-0.2, -0.15) is 4.98 Å². The first kappa shape index (κ1) is 17.7. The van der Waals surface area contributed by atoms with Gasteiger partial charge in [0.25, 0.3) is 0 Å². The van der Waals surface area contributed by atoms with Crippen LogP contribution < -0.4 is 10.0 Å². The lowest BCUT2D eigenvalue weighted by Crippen LogP contribution is -2.17. The third-order valence-corrected chi connectivity index (χ3v) is 6.68. The van der Waals surface area contributed by atoms with Crippen LogP contribution >= 0.6 is 0 Å². The molecule has 0 spiro atoms. The second-order valence-electron chi connectivity index (χ2n) is 7.04. The molecule has 1 fully saturated rings. The molecule has 2 aromatic heterocycles. The zero-order valence-corrected chi connectivity index (χ0v) is 16.3. The lowest BCUT2D eigenvalue weighted by molar-refractivity contribution is 0.600. The van der Waals surface area contributed by atoms with E-state index in [1.165, 1.54) is 0 Å². The van der Waals surface area contributed by atoms with Crippen LogP contribution in [0.2, 0.25) is 0 Å². The molecule has 0 unspecified atom stereocenters. The molecule has 4 aromatic rings. The van der Waals surface area contributed by atoms with Crippen LogP contribution in [0.4, 0.5) is 17.3 Å². The smallest absolute Gasteiger partial charge is 0.247 e. The van der Waals surface area contributed by atoms with E-state index < -0.39 is 10.0 Å². The predicted molar refractivity (Wildman–Crippen MR) is 114 cm³/mol. The molecule has 7 nitrogen and oxygen atoms in total. The van der Waals surface area contributed by atoms with Crippen LogP contribution in [0, 0.1) is 0 Å². The standard InChI is InChI=1S/C21H19N5O2S/c27-29(28,18-12-13-18)25-17-10-8-15(9-11-17)19-7-4-14-26-20(19)23-21(24-26)22-16-5-2-1-3-6-16/h1-11,14,18,25H,12-13H2,(H,22,24). The number of hydrogen-bond acceptors (Lipinski definition) is 5. The van der Waals surface area contributed by atoms with Crippen LogP contribution in [0.3, 0.4) is 0 Å². The molecule has 0 radical (unpaired) electrons. The number of anilines is 3. The third kappa shape index (κ3) is 3.66. The first-order valence-corrected chi connectivity index (χ1v) is 10.9. The zero-order valence-electron chi connectivity index (χ0n) is 15.5. The average molecular weight is 405 g/mol. The van der Waals surface area contributed by atoms with Crippen molar-refractivity contribution in [2.45, 2.75) is 18.1 Å². The molecule has 146 valence electrons. The number of aromatic nitrogens is 3. The molecule has 0 aliphatic heterocycles. The maximum Gasteiger partial charge on any atom is 0.247 e. The Hall–Kier alpha value is -3.39. The highest BCUT2D eigenvalue weighted by atomic mass is 32.2. The Labute approximate surface area is 168 Å². The van der Waals surface area contributed by atoms with Gasteiger partial charge in [0.1, 0.15) is 0 Å². The highest BCUT2D eigenvalue weighted by Gasteiger charge is 2.35. The Kier molecular flexibility index (Phi) is 4.21. The van der Waals surface area contributed by atoms with E-state index in [1.807, 2.05) is 60.8 Å². The number of nitrogens with one attached hydrogen (secondary N) is 2. The lowest BCUT2D eigenvalue weighted by atomic mass is 10.1. The third-order valence-electron chi connectivity index (χ3n) is 4.81. The minimum absolute atomic E-state index is 0.248. The van der Waals surface area contributed by atoms with Crippen LogP contribution in [0.15, 0.2) is 72.9 Å². The summed E-state index contributed by atoms with van der Waals surface area (Å²) in [5.41, 5.74) is 4.05. The molecular formula is C21H19N5O2S. The molecule has 2 aromatic carbocycles. The SMILES string of the molecule is O=S(=O)(Nc1ccc(-c2cccn3nc(Nc4ccccc4)nc23)cc1)C1CC1. The first-order chi connectivity index (χ1) is 14.1. The molecule has 0 amide bonds. The Morgan fingerprint density at radius 3 is 2.38 bits per heavy atom. The average Bonchev–Trinajstić information content (AvgIpc) is 3.50. The molecule has 5 rings (SSSR count). The molecule has 29 heavy (non-hydrogen) atoms. The van der Waals surface area contributed by atoms with Gasteiger partial charge in [0.2, 0.25) is 16.0 Å². The number of pyridine rings is 1. The van der Waals surface area contributed by atoms with Crippen molar-refractivity contribution in [1.29, 1.82) is 0 Å². The van der Waals surface area contributed by atoms with Crippen LogP contribution in [0.5, 0.6) is 0 Å². The summed E-state index contributed by atoms with van der Waals surface area (Å²) < 4.78 is 28.6. The summed E-state index contributed by atoms with van der Waals surface area (Å²) in [5, 5.41) is 7.45. The van der Waals surface area contributed by atoms with Crippen molar-refractivity contribution in [3.8, 4) is 11.1 Å². The Bertz CT molecular complexity index is 1260. The molecule has 0 atom stereocenters. The molecule has 1 saturated carbocycles. The fraction of sp³-hybridized carbons (Fsp3) is 0.143. The van der Waals surface area contributed by atoms with Crippen molar-refractivity contribution in [2.24, 2.45) is 0 Å². The molecule has 1 aliphatic carbocycles. The Balaban J connectivity index is 1.43. The molecule has 8 heteroatoms. The highest BCUT2D eigenvalue weighted by Crippen LogP contribution is 2.31. The number of fused-ring (bicyclic) bond motifs is 1. The summed E-state index contributed by atoms with van der Waals surface area (Å²) in [6.45, 7) is 0. The number of rotatable bonds is 6. The van der Waals surface area contributed by atoms with Gasteiger partial charge in [-0.3, -0.25) is 4.72 Å². The normalized spacial score (nSPS) is 14.1. The minimum Gasteiger partial charge on any atom is -0.323 e. The van der Waals surface area contributed by atoms with E-state index >= 15 is 0 Å². The maximum atomic E-state index is 12.1. The van der Waals surface area contributed by atoms with Crippen molar-refractivity contribution in [2.75, 3.05) is 10.0 Å². The largest absolute Gasteiger partial charge is 0.323 e. The fourth-order valence-electron chi connectivity index (χ4n) is 3.18. The monoisotopic (exact) mass is 405 g/mol. The van der Waals surface area contributed by atoms with Crippen LogP contribution in [-0.4, -0.2) is 28.3 Å². The van der Waals surface area contributed by atoms with E-state index in [0.717, 1.165) is 35.3 Å². The Morgan fingerprint density at radius 2 is 1.66 bits per heavy atom. The molecule has 1 aliphatic rings. The molecule has 2 N–H and O–H groups in total. The summed E-state index contributed by atoms with van der Waals surface area (Å²) >= 11 is 0. The van der Waals surface area contributed by atoms with Gasteiger partial charge in [0, 0.05) is 23.1 Å². The summed E-state index contributed by atoms with van der Waals surface area (Å²) in [6.07, 6.45) is 3.32. The topological polar surface area (TPSA) is 88.4 Å². The quantitative estimate of drug-likeness (QED) is 0.505. The first-order valence-electron chi connectivity index (χ1n) is 9.38. The summed E-state index contributed by atoms with van der Waals surface area (Å²) in [5.74, 6) is 0.512. The van der Waals surface area contributed by atoms with Gasteiger partial charge in [-0.1, -0.05) is 30.3 Å². The van der Waals surface area contributed by atoms with E-state index in [4.69, 9.17) is 0 Å². The van der Waals surface area contributed by atoms with Crippen LogP contribution in [0.1, 0.15) is 12.8 Å². The Morgan fingerprint density at radius 1 is 0.897 bits per heavy atom. The number of para-hydroxylation sites is 1. The van der Waals surface area contributed by atoms with E-state index in [-0.39, 0.29) is 5.25 Å². The van der Waals surface area contributed by atoms with Gasteiger partial charge in [-0.15, -0.1) is 5.10 Å². The molecule has 0 saturated heterocycles. The number of benzene rings is 2. The van der Waals surface area contributed by atoms with Crippen molar-refractivity contribution < 1.29 is 8.42 Å². The van der Waals surface area contributed by atoms with E-state index in [9.17, 15) is 8.42 Å². The van der Waals surface area contributed by atoms with Crippen molar-refractivity contribution in [3.63, 3.8) is 0 Å². The van der Waals surface area contributed by atoms with Crippen molar-refractivity contribution >= 4 is 33.0 Å².